The summed E-state index contributed by atoms with van der Waals surface area (Å²) < 4.78 is 2.37. The number of hydrogen-bond donors (Lipinski definition) is 0. The van der Waals surface area contributed by atoms with Gasteiger partial charge in [0.2, 0.25) is 0 Å². The van der Waals surface area contributed by atoms with Crippen molar-refractivity contribution in [1.82, 2.24) is 0 Å². The van der Waals surface area contributed by atoms with Gasteiger partial charge in [0, 0.05) is 10.1 Å². The quantitative estimate of drug-likeness (QED) is 0.362. The van der Waals surface area contributed by atoms with E-state index in [1.54, 1.807) is 22.7 Å². The summed E-state index contributed by atoms with van der Waals surface area (Å²) in [6.07, 6.45) is 0. The Morgan fingerprint density at radius 2 is 1.54 bits per heavy atom. The van der Waals surface area contributed by atoms with E-state index in [1.807, 2.05) is 0 Å². The summed E-state index contributed by atoms with van der Waals surface area (Å²) in [5, 5.41) is 11.9. The highest BCUT2D eigenvalue weighted by molar-refractivity contribution is 7.28. The van der Waals surface area contributed by atoms with Crippen LogP contribution in [0.3, 0.4) is 0 Å². The Labute approximate surface area is 160 Å². The first kappa shape index (κ1) is 15.6. The molecular weight excluding hydrogens is 356 g/mol. The molecule has 2 nitrogen and oxygen atoms in total. The molecule has 4 heteroatoms. The zero-order chi connectivity index (χ0) is 17.9. The van der Waals surface area contributed by atoms with Crippen molar-refractivity contribution in [3.63, 3.8) is 0 Å². The zero-order valence-electron chi connectivity index (χ0n) is 14.5. The number of anilines is 3. The summed E-state index contributed by atoms with van der Waals surface area (Å²) in [7, 11) is 0. The summed E-state index contributed by atoms with van der Waals surface area (Å²) >= 11 is 3.29. The minimum atomic E-state index is -0.0823. The third kappa shape index (κ3) is 1.96. The SMILES string of the molecule is CC1(C)c2ccccc2N(c2c(C#N)sc3ccsc23)c2ccccc21. The summed E-state index contributed by atoms with van der Waals surface area (Å²) in [5.74, 6) is 0. The molecule has 0 radical (unpaired) electrons. The van der Waals surface area contributed by atoms with E-state index in [1.165, 1.54) is 31.9 Å². The van der Waals surface area contributed by atoms with Gasteiger partial charge in [-0.3, -0.25) is 0 Å². The van der Waals surface area contributed by atoms with E-state index in [4.69, 9.17) is 0 Å². The average molecular weight is 373 g/mol. The van der Waals surface area contributed by atoms with Gasteiger partial charge in [-0.25, -0.2) is 0 Å². The Morgan fingerprint density at radius 1 is 0.923 bits per heavy atom. The lowest BCUT2D eigenvalue weighted by Gasteiger charge is -2.41. The molecule has 0 aliphatic carbocycles. The fourth-order valence-electron chi connectivity index (χ4n) is 4.00. The minimum absolute atomic E-state index is 0.0823. The molecule has 26 heavy (non-hydrogen) atoms. The van der Waals surface area contributed by atoms with Gasteiger partial charge in [0.05, 0.1) is 21.8 Å². The van der Waals surface area contributed by atoms with Crippen molar-refractivity contribution in [2.75, 3.05) is 4.90 Å². The summed E-state index contributed by atoms with van der Waals surface area (Å²) in [6, 6.07) is 21.7. The van der Waals surface area contributed by atoms with Gasteiger partial charge in [-0.05, 0) is 34.7 Å². The third-order valence-corrected chi connectivity index (χ3v) is 7.33. The van der Waals surface area contributed by atoms with E-state index in [-0.39, 0.29) is 5.41 Å². The predicted molar refractivity (Wildman–Crippen MR) is 111 cm³/mol. The number of hydrogen-bond acceptors (Lipinski definition) is 4. The van der Waals surface area contributed by atoms with Gasteiger partial charge in [0.1, 0.15) is 10.9 Å². The maximum atomic E-state index is 9.81. The average Bonchev–Trinajstić information content (AvgIpc) is 3.24. The van der Waals surface area contributed by atoms with Crippen molar-refractivity contribution in [3.05, 3.63) is 76.0 Å². The van der Waals surface area contributed by atoms with Gasteiger partial charge in [-0.2, -0.15) is 5.26 Å². The highest BCUT2D eigenvalue weighted by Crippen LogP contribution is 2.55. The number of nitrogens with zero attached hydrogens (tertiary/aromatic N) is 2. The van der Waals surface area contributed by atoms with Gasteiger partial charge >= 0.3 is 0 Å². The molecule has 1 aliphatic heterocycles. The van der Waals surface area contributed by atoms with E-state index >= 15 is 0 Å². The van der Waals surface area contributed by atoms with Gasteiger partial charge in [-0.15, -0.1) is 22.7 Å². The number of rotatable bonds is 1. The molecule has 0 N–H and O–H groups in total. The Hall–Kier alpha value is -2.61. The van der Waals surface area contributed by atoms with Gasteiger partial charge in [-0.1, -0.05) is 50.2 Å². The Bertz CT molecular complexity index is 1140. The number of nitriles is 1. The molecule has 0 atom stereocenters. The number of thiophene rings is 2. The molecule has 0 fully saturated rings. The lowest BCUT2D eigenvalue weighted by molar-refractivity contribution is 0.632. The maximum Gasteiger partial charge on any atom is 0.131 e. The van der Waals surface area contributed by atoms with E-state index in [2.05, 4.69) is 84.8 Å². The largest absolute Gasteiger partial charge is 0.306 e. The molecule has 0 unspecified atom stereocenters. The van der Waals surface area contributed by atoms with E-state index < -0.39 is 0 Å². The van der Waals surface area contributed by atoms with Crippen molar-refractivity contribution in [3.8, 4) is 6.07 Å². The van der Waals surface area contributed by atoms with Crippen LogP contribution in [0.25, 0.3) is 9.40 Å². The van der Waals surface area contributed by atoms with Crippen molar-refractivity contribution >= 4 is 49.1 Å². The smallest absolute Gasteiger partial charge is 0.131 e. The molecule has 1 aliphatic rings. The van der Waals surface area contributed by atoms with Crippen molar-refractivity contribution in [1.29, 1.82) is 5.26 Å². The molecule has 0 spiro atoms. The fourth-order valence-corrected chi connectivity index (χ4v) is 6.13. The summed E-state index contributed by atoms with van der Waals surface area (Å²) in [5.41, 5.74) is 5.86. The van der Waals surface area contributed by atoms with Crippen molar-refractivity contribution < 1.29 is 0 Å². The van der Waals surface area contributed by atoms with Crippen LogP contribution in [0.4, 0.5) is 17.1 Å². The van der Waals surface area contributed by atoms with E-state index in [9.17, 15) is 5.26 Å². The third-order valence-electron chi connectivity index (χ3n) is 5.23. The molecule has 4 aromatic rings. The van der Waals surface area contributed by atoms with Crippen molar-refractivity contribution in [2.45, 2.75) is 19.3 Å². The van der Waals surface area contributed by atoms with Gasteiger partial charge in [0.25, 0.3) is 0 Å². The standard InChI is InChI=1S/C22H16N2S2/c1-22(2)14-7-3-5-9-16(14)24(17-10-6-4-8-15(17)22)20-19(13-23)26-18-11-12-25-21(18)20/h3-12H,1-2H3. The molecule has 126 valence electrons. The van der Waals surface area contributed by atoms with Crippen LogP contribution < -0.4 is 4.90 Å². The number of fused-ring (bicyclic) bond motifs is 3. The molecular formula is C22H16N2S2. The second kappa shape index (κ2) is 5.44. The highest BCUT2D eigenvalue weighted by Gasteiger charge is 2.38. The second-order valence-electron chi connectivity index (χ2n) is 7.00. The molecule has 2 aromatic heterocycles. The summed E-state index contributed by atoms with van der Waals surface area (Å²) in [6.45, 7) is 4.56. The van der Waals surface area contributed by atoms with Gasteiger partial charge < -0.3 is 4.90 Å². The Morgan fingerprint density at radius 3 is 2.15 bits per heavy atom. The molecule has 5 rings (SSSR count). The first-order valence-corrected chi connectivity index (χ1v) is 10.2. The van der Waals surface area contributed by atoms with Crippen LogP contribution in [0, 0.1) is 11.3 Å². The van der Waals surface area contributed by atoms with Crippen LogP contribution in [-0.4, -0.2) is 0 Å². The highest BCUT2D eigenvalue weighted by atomic mass is 32.1. The molecule has 0 saturated heterocycles. The monoisotopic (exact) mass is 372 g/mol. The van der Waals surface area contributed by atoms with E-state index in [0.717, 1.165) is 10.6 Å². The van der Waals surface area contributed by atoms with Crippen LogP contribution in [0.5, 0.6) is 0 Å². The van der Waals surface area contributed by atoms with Crippen LogP contribution in [-0.2, 0) is 5.41 Å². The number of benzene rings is 2. The molecule has 3 heterocycles. The van der Waals surface area contributed by atoms with Crippen LogP contribution in [0.1, 0.15) is 29.9 Å². The van der Waals surface area contributed by atoms with Crippen LogP contribution in [0.2, 0.25) is 0 Å². The van der Waals surface area contributed by atoms with Gasteiger partial charge in [0.15, 0.2) is 0 Å². The van der Waals surface area contributed by atoms with Crippen molar-refractivity contribution in [2.24, 2.45) is 0 Å². The lowest BCUT2D eigenvalue weighted by atomic mass is 9.73. The molecule has 0 bridgehead atoms. The lowest BCUT2D eigenvalue weighted by Crippen LogP contribution is -2.30. The number of para-hydroxylation sites is 2. The first-order chi connectivity index (χ1) is 12.6. The summed E-state index contributed by atoms with van der Waals surface area (Å²) in [4.78, 5) is 3.07. The zero-order valence-corrected chi connectivity index (χ0v) is 16.1. The maximum absolute atomic E-state index is 9.81. The Balaban J connectivity index is 1.91. The normalized spacial score (nSPS) is 14.7. The Kier molecular flexibility index (Phi) is 3.27. The van der Waals surface area contributed by atoms with Crippen LogP contribution in [0.15, 0.2) is 60.0 Å². The predicted octanol–water partition coefficient (Wildman–Crippen LogP) is 6.94. The van der Waals surface area contributed by atoms with E-state index in [0.29, 0.717) is 0 Å². The topological polar surface area (TPSA) is 27.0 Å². The van der Waals surface area contributed by atoms with Crippen LogP contribution >= 0.6 is 22.7 Å². The molecule has 0 amide bonds. The minimum Gasteiger partial charge on any atom is -0.306 e. The fraction of sp³-hybridized carbons (Fsp3) is 0.136. The first-order valence-electron chi connectivity index (χ1n) is 8.52. The second-order valence-corrected chi connectivity index (χ2v) is 8.97. The molecule has 2 aromatic carbocycles. The molecule has 0 saturated carbocycles.